The number of hydrogen-bond acceptors (Lipinski definition) is 4. The molecule has 0 aliphatic heterocycles. The Morgan fingerprint density at radius 3 is 2.72 bits per heavy atom. The maximum absolute atomic E-state index is 10.6. The number of nitrogens with zero attached hydrogens (tertiary/aromatic N) is 3. The molecular formula is C21H28IN5OS. The number of aliphatic imine (C=N–C) groups is 1. The number of para-hydroxylation sites is 1. The third kappa shape index (κ3) is 6.83. The first-order valence-corrected chi connectivity index (χ1v) is 10.4. The first-order chi connectivity index (χ1) is 13.6. The van der Waals surface area contributed by atoms with Crippen molar-refractivity contribution < 1.29 is 5.11 Å². The van der Waals surface area contributed by atoms with E-state index in [-0.39, 0.29) is 24.0 Å². The van der Waals surface area contributed by atoms with E-state index < -0.39 is 5.60 Å². The van der Waals surface area contributed by atoms with Crippen molar-refractivity contribution in [2.75, 3.05) is 19.6 Å². The summed E-state index contributed by atoms with van der Waals surface area (Å²) in [7, 11) is 0. The summed E-state index contributed by atoms with van der Waals surface area (Å²) >= 11 is 1.58. The Balaban J connectivity index is 0.00000300. The summed E-state index contributed by atoms with van der Waals surface area (Å²) in [4.78, 5) is 4.55. The highest BCUT2D eigenvalue weighted by molar-refractivity contribution is 14.0. The Labute approximate surface area is 193 Å². The maximum Gasteiger partial charge on any atom is 0.191 e. The van der Waals surface area contributed by atoms with Gasteiger partial charge in [0.25, 0.3) is 0 Å². The summed E-state index contributed by atoms with van der Waals surface area (Å²) in [5, 5.41) is 25.5. The molecule has 0 spiro atoms. The first-order valence-electron chi connectivity index (χ1n) is 9.44. The van der Waals surface area contributed by atoms with E-state index in [1.807, 2.05) is 71.2 Å². The zero-order valence-corrected chi connectivity index (χ0v) is 19.9. The van der Waals surface area contributed by atoms with Gasteiger partial charge in [0.2, 0.25) is 0 Å². The Morgan fingerprint density at radius 1 is 1.24 bits per heavy atom. The molecule has 3 rings (SSSR count). The molecule has 0 saturated heterocycles. The molecule has 0 amide bonds. The lowest BCUT2D eigenvalue weighted by Crippen LogP contribution is -2.39. The lowest BCUT2D eigenvalue weighted by Gasteiger charge is -2.21. The van der Waals surface area contributed by atoms with Gasteiger partial charge in [-0.3, -0.25) is 0 Å². The van der Waals surface area contributed by atoms with Gasteiger partial charge in [0.15, 0.2) is 5.96 Å². The number of aromatic nitrogens is 2. The normalized spacial score (nSPS) is 13.4. The lowest BCUT2D eigenvalue weighted by molar-refractivity contribution is 0.0677. The fourth-order valence-electron chi connectivity index (χ4n) is 2.77. The van der Waals surface area contributed by atoms with Crippen molar-refractivity contribution in [1.29, 1.82) is 0 Å². The van der Waals surface area contributed by atoms with Gasteiger partial charge in [-0.2, -0.15) is 16.4 Å². The molecule has 6 nitrogen and oxygen atoms in total. The predicted octanol–water partition coefficient (Wildman–Crippen LogP) is 3.56. The van der Waals surface area contributed by atoms with Crippen LogP contribution in [0.15, 0.2) is 64.5 Å². The van der Waals surface area contributed by atoms with Crippen molar-refractivity contribution in [2.24, 2.45) is 4.99 Å². The van der Waals surface area contributed by atoms with Crippen molar-refractivity contribution in [2.45, 2.75) is 25.9 Å². The summed E-state index contributed by atoms with van der Waals surface area (Å²) in [5.41, 5.74) is 2.12. The van der Waals surface area contributed by atoms with E-state index in [4.69, 9.17) is 0 Å². The van der Waals surface area contributed by atoms with Crippen LogP contribution in [0.5, 0.6) is 0 Å². The van der Waals surface area contributed by atoms with Gasteiger partial charge < -0.3 is 15.7 Å². The number of halogens is 1. The molecule has 156 valence electrons. The van der Waals surface area contributed by atoms with Gasteiger partial charge in [0.1, 0.15) is 5.60 Å². The second-order valence-corrected chi connectivity index (χ2v) is 7.57. The van der Waals surface area contributed by atoms with Gasteiger partial charge >= 0.3 is 0 Å². The third-order valence-corrected chi connectivity index (χ3v) is 5.08. The number of hydrogen-bond donors (Lipinski definition) is 3. The smallest absolute Gasteiger partial charge is 0.191 e. The maximum atomic E-state index is 10.6. The zero-order valence-electron chi connectivity index (χ0n) is 16.7. The molecule has 29 heavy (non-hydrogen) atoms. The molecule has 0 aliphatic rings. The van der Waals surface area contributed by atoms with Crippen molar-refractivity contribution in [3.8, 4) is 5.69 Å². The van der Waals surface area contributed by atoms with E-state index in [0.717, 1.165) is 36.3 Å². The number of thiophene rings is 1. The highest BCUT2D eigenvalue weighted by atomic mass is 127. The average Bonchev–Trinajstić information content (AvgIpc) is 3.39. The van der Waals surface area contributed by atoms with Gasteiger partial charge in [0.05, 0.1) is 18.4 Å². The number of rotatable bonds is 8. The molecule has 0 bridgehead atoms. The van der Waals surface area contributed by atoms with Crippen molar-refractivity contribution >= 4 is 41.3 Å². The minimum atomic E-state index is -0.973. The van der Waals surface area contributed by atoms with Gasteiger partial charge in [-0.25, -0.2) is 9.67 Å². The van der Waals surface area contributed by atoms with Crippen LogP contribution in [0.1, 0.15) is 25.0 Å². The number of benzene rings is 1. The second-order valence-electron chi connectivity index (χ2n) is 6.79. The number of guanidine groups is 1. The SMILES string of the molecule is CCNC(=NCC(C)(O)c1ccsc1)NCCc1cnn(-c2ccccc2)c1.I. The van der Waals surface area contributed by atoms with Crippen LogP contribution < -0.4 is 10.6 Å². The van der Waals surface area contributed by atoms with Gasteiger partial charge in [-0.15, -0.1) is 24.0 Å². The van der Waals surface area contributed by atoms with Crippen LogP contribution in [0.2, 0.25) is 0 Å². The predicted molar refractivity (Wildman–Crippen MR) is 131 cm³/mol. The summed E-state index contributed by atoms with van der Waals surface area (Å²) in [5.74, 6) is 0.702. The molecule has 8 heteroatoms. The summed E-state index contributed by atoms with van der Waals surface area (Å²) in [6.45, 7) is 5.61. The van der Waals surface area contributed by atoms with Gasteiger partial charge in [-0.1, -0.05) is 18.2 Å². The lowest BCUT2D eigenvalue weighted by atomic mass is 10.00. The van der Waals surface area contributed by atoms with Crippen molar-refractivity contribution in [3.05, 3.63) is 70.7 Å². The quantitative estimate of drug-likeness (QED) is 0.239. The van der Waals surface area contributed by atoms with Gasteiger partial charge in [0, 0.05) is 19.3 Å². The van der Waals surface area contributed by atoms with Crippen molar-refractivity contribution in [1.82, 2.24) is 20.4 Å². The Hall–Kier alpha value is -1.91. The Kier molecular flexibility index (Phi) is 9.12. The van der Waals surface area contributed by atoms with E-state index in [9.17, 15) is 5.11 Å². The molecule has 2 heterocycles. The monoisotopic (exact) mass is 525 g/mol. The van der Waals surface area contributed by atoms with Crippen LogP contribution in [0.3, 0.4) is 0 Å². The van der Waals surface area contributed by atoms with Crippen LogP contribution in [-0.2, 0) is 12.0 Å². The van der Waals surface area contributed by atoms with Crippen LogP contribution in [0.25, 0.3) is 5.69 Å². The molecule has 0 radical (unpaired) electrons. The van der Waals surface area contributed by atoms with E-state index in [0.29, 0.717) is 12.5 Å². The molecule has 2 aromatic heterocycles. The fourth-order valence-corrected chi connectivity index (χ4v) is 3.56. The molecule has 3 N–H and O–H groups in total. The van der Waals surface area contributed by atoms with Crippen LogP contribution in [0.4, 0.5) is 0 Å². The highest BCUT2D eigenvalue weighted by Gasteiger charge is 2.23. The van der Waals surface area contributed by atoms with Crippen LogP contribution in [-0.4, -0.2) is 40.5 Å². The second kappa shape index (κ2) is 11.3. The number of nitrogens with one attached hydrogen (secondary N) is 2. The minimum absolute atomic E-state index is 0. The molecule has 1 unspecified atom stereocenters. The molecule has 0 saturated carbocycles. The molecule has 0 aliphatic carbocycles. The van der Waals surface area contributed by atoms with Crippen LogP contribution >= 0.6 is 35.3 Å². The standard InChI is InChI=1S/C21H27N5OS.HI/c1-3-22-20(24-16-21(2,27)18-10-12-28-15-18)23-11-9-17-13-25-26(14-17)19-7-5-4-6-8-19;/h4-8,10,12-15,27H,3,9,11,16H2,1-2H3,(H2,22,23,24);1H. The topological polar surface area (TPSA) is 74.5 Å². The largest absolute Gasteiger partial charge is 0.383 e. The van der Waals surface area contributed by atoms with E-state index in [2.05, 4.69) is 20.7 Å². The Bertz CT molecular complexity index is 878. The molecule has 1 atom stereocenters. The summed E-state index contributed by atoms with van der Waals surface area (Å²) in [6, 6.07) is 12.0. The zero-order chi connectivity index (χ0) is 19.8. The minimum Gasteiger partial charge on any atom is -0.383 e. The highest BCUT2D eigenvalue weighted by Crippen LogP contribution is 2.23. The summed E-state index contributed by atoms with van der Waals surface area (Å²) in [6.07, 6.45) is 4.76. The first kappa shape index (κ1) is 23.4. The number of aliphatic hydroxyl groups is 1. The molecule has 3 aromatic rings. The molecule has 1 aromatic carbocycles. The molecule has 0 fully saturated rings. The Morgan fingerprint density at radius 2 is 2.03 bits per heavy atom. The molecular weight excluding hydrogens is 497 g/mol. The average molecular weight is 525 g/mol. The van der Waals surface area contributed by atoms with Crippen molar-refractivity contribution in [3.63, 3.8) is 0 Å². The van der Waals surface area contributed by atoms with E-state index in [1.54, 1.807) is 18.3 Å². The third-order valence-electron chi connectivity index (χ3n) is 4.40. The van der Waals surface area contributed by atoms with E-state index >= 15 is 0 Å². The summed E-state index contributed by atoms with van der Waals surface area (Å²) < 4.78 is 1.88. The van der Waals surface area contributed by atoms with Crippen LogP contribution in [0, 0.1) is 0 Å². The van der Waals surface area contributed by atoms with Gasteiger partial charge in [-0.05, 0) is 60.4 Å². The van der Waals surface area contributed by atoms with E-state index in [1.165, 1.54) is 0 Å². The fraction of sp³-hybridized carbons (Fsp3) is 0.333.